The minimum Gasteiger partial charge on any atom is -0.313 e. The van der Waals surface area contributed by atoms with Gasteiger partial charge in [0, 0.05) is 60.8 Å². The van der Waals surface area contributed by atoms with Gasteiger partial charge in [0.05, 0.1) is 39.0 Å². The van der Waals surface area contributed by atoms with Crippen molar-refractivity contribution in [2.45, 2.75) is 33.1 Å². The molecule has 83 heavy (non-hydrogen) atoms. The molecule has 0 spiro atoms. The quantitative estimate of drug-likeness (QED) is 0.119. The van der Waals surface area contributed by atoms with Crippen LogP contribution in [-0.2, 0) is 6.42 Å². The normalized spacial score (nSPS) is 14.5. The lowest BCUT2D eigenvalue weighted by Crippen LogP contribution is -2.07. The first kappa shape index (κ1) is 49.7. The molecule has 9 aromatic carbocycles. The van der Waals surface area contributed by atoms with E-state index in [0.717, 1.165) is 81.1 Å². The second-order valence-corrected chi connectivity index (χ2v) is 22.3. The maximum Gasteiger partial charge on any atom is 0.0715 e. The number of aromatic nitrogens is 4. The number of pyridine rings is 1. The highest BCUT2D eigenvalue weighted by Gasteiger charge is 2.24. The van der Waals surface area contributed by atoms with E-state index in [1.54, 1.807) is 0 Å². The van der Waals surface area contributed by atoms with Crippen LogP contribution in [0.1, 0.15) is 60.3 Å². The third kappa shape index (κ3) is 8.83. The van der Waals surface area contributed by atoms with Crippen molar-refractivity contribution in [3.63, 3.8) is 0 Å². The molecule has 0 aliphatic heterocycles. The minimum absolute atomic E-state index is 0.237. The van der Waals surface area contributed by atoms with E-state index >= 15 is 0 Å². The van der Waals surface area contributed by atoms with E-state index in [0.29, 0.717) is 0 Å². The van der Waals surface area contributed by atoms with Crippen molar-refractivity contribution in [2.75, 3.05) is 0 Å². The second-order valence-electron chi connectivity index (χ2n) is 22.3. The zero-order valence-electron chi connectivity index (χ0n) is 46.7. The Labute approximate surface area is 484 Å². The van der Waals surface area contributed by atoms with Gasteiger partial charge in [0.15, 0.2) is 0 Å². The third-order valence-corrected chi connectivity index (χ3v) is 17.1. The maximum atomic E-state index is 5.67. The monoisotopic (exact) mass is 1060 g/mol. The summed E-state index contributed by atoms with van der Waals surface area (Å²) in [7, 11) is 0. The number of fused-ring (bicyclic) bond motifs is 9. The van der Waals surface area contributed by atoms with Gasteiger partial charge in [-0.2, -0.15) is 0 Å². The summed E-state index contributed by atoms with van der Waals surface area (Å²) < 4.78 is 7.39. The highest BCUT2D eigenvalue weighted by molar-refractivity contribution is 6.10. The summed E-state index contributed by atoms with van der Waals surface area (Å²) in [4.78, 5) is 5.67. The largest absolute Gasteiger partial charge is 0.313 e. The number of rotatable bonds is 11. The molecule has 1 unspecified atom stereocenters. The molecule has 4 heterocycles. The van der Waals surface area contributed by atoms with Gasteiger partial charge in [0.25, 0.3) is 0 Å². The summed E-state index contributed by atoms with van der Waals surface area (Å²) >= 11 is 0. The van der Waals surface area contributed by atoms with Gasteiger partial charge >= 0.3 is 0 Å². The van der Waals surface area contributed by atoms with Gasteiger partial charge in [0.1, 0.15) is 0 Å². The Morgan fingerprint density at radius 2 is 1.01 bits per heavy atom. The Morgan fingerprint density at radius 1 is 0.482 bits per heavy atom. The molecule has 2 aliphatic carbocycles. The molecule has 0 saturated heterocycles. The highest BCUT2D eigenvalue weighted by Crippen LogP contribution is 2.42. The van der Waals surface area contributed by atoms with Crippen LogP contribution in [0.2, 0.25) is 0 Å². The lowest BCUT2D eigenvalue weighted by atomic mass is 9.86. The fourth-order valence-electron chi connectivity index (χ4n) is 13.2. The molecule has 396 valence electrons. The van der Waals surface area contributed by atoms with E-state index in [2.05, 4.69) is 301 Å². The molecule has 4 heteroatoms. The van der Waals surface area contributed by atoms with Crippen LogP contribution >= 0.6 is 0 Å². The Balaban J connectivity index is 0.878. The van der Waals surface area contributed by atoms with Crippen LogP contribution in [0, 0.1) is 5.92 Å². The first-order chi connectivity index (χ1) is 40.9. The van der Waals surface area contributed by atoms with E-state index < -0.39 is 0 Å². The van der Waals surface area contributed by atoms with Crippen molar-refractivity contribution < 1.29 is 0 Å². The number of hydrogen-bond donors (Lipinski definition) is 0. The summed E-state index contributed by atoms with van der Waals surface area (Å²) in [5.41, 5.74) is 25.1. The molecule has 2 aliphatic rings. The van der Waals surface area contributed by atoms with Gasteiger partial charge in [0.2, 0.25) is 0 Å². The predicted molar refractivity (Wildman–Crippen MR) is 352 cm³/mol. The topological polar surface area (TPSA) is 27.7 Å². The van der Waals surface area contributed by atoms with Crippen molar-refractivity contribution in [3.8, 4) is 39.4 Å². The van der Waals surface area contributed by atoms with Gasteiger partial charge in [-0.1, -0.05) is 202 Å². The molecule has 4 nitrogen and oxygen atoms in total. The first-order valence-corrected chi connectivity index (χ1v) is 29.1. The Bertz CT molecular complexity index is 4820. The standard InChI is InChI=1S/C79H60N4/c1-4-54(55-22-6-5-7-23-55)41-40-53(3)59-49-72(58-26-20-24-56(44-58)57-25-21-27-63(46-57)81-74-34-14-8-28-66(74)67-29-9-15-35-75(67)81)80-73(50-59)62-43-52(2)42-60(45-62)61-47-64(82-76-36-16-10-30-68(76)69-31-11-17-37-77(69)82)51-65(48-61)83-78-38-18-12-32-70(78)71-33-13-19-39-79(71)83/h4-18,20-38,40-42,44-52H,3,19,39,43H2,1-2H3/b41-40-,54-4+. The zero-order chi connectivity index (χ0) is 55.5. The van der Waals surface area contributed by atoms with Crippen LogP contribution in [0.3, 0.4) is 0 Å². The molecule has 0 saturated carbocycles. The van der Waals surface area contributed by atoms with Gasteiger partial charge in [-0.3, -0.25) is 0 Å². The van der Waals surface area contributed by atoms with Crippen molar-refractivity contribution in [2.24, 2.45) is 5.92 Å². The summed E-state index contributed by atoms with van der Waals surface area (Å²) in [6.45, 7) is 9.19. The number of nitrogens with zero attached hydrogens (tertiary/aromatic N) is 4. The lowest BCUT2D eigenvalue weighted by molar-refractivity contribution is 0.749. The molecule has 0 bridgehead atoms. The SMILES string of the molecule is C=C(/C=C\C(=C/C)c1ccccc1)c1cc(C2=CC(c3cc(-n4c5c(c6ccccc64)C=CCC5)cc(-n4c5ccccc5c5ccccc54)c3)=CC(C)C2)nc(-c2cccc(-c3cccc(-n4c5ccccc5c5ccccc54)c3)c2)c1. The van der Waals surface area contributed by atoms with E-state index in [4.69, 9.17) is 11.6 Å². The van der Waals surface area contributed by atoms with Gasteiger partial charge < -0.3 is 13.7 Å². The second kappa shape index (κ2) is 20.7. The molecule has 0 amide bonds. The number of benzene rings is 9. The third-order valence-electron chi connectivity index (χ3n) is 17.1. The van der Waals surface area contributed by atoms with Crippen LogP contribution in [0.4, 0.5) is 0 Å². The molecule has 4 aromatic heterocycles. The molecular formula is C79H60N4. The van der Waals surface area contributed by atoms with Crippen LogP contribution < -0.4 is 0 Å². The van der Waals surface area contributed by atoms with Crippen LogP contribution in [0.25, 0.3) is 122 Å². The van der Waals surface area contributed by atoms with E-state index in [-0.39, 0.29) is 5.92 Å². The molecule has 0 N–H and O–H groups in total. The summed E-state index contributed by atoms with van der Waals surface area (Å²) in [6.07, 6.45) is 18.9. The van der Waals surface area contributed by atoms with Crippen molar-refractivity contribution >= 4 is 82.9 Å². The zero-order valence-corrected chi connectivity index (χ0v) is 46.7. The Hall–Kier alpha value is -10.3. The molecule has 0 radical (unpaired) electrons. The molecule has 15 rings (SSSR count). The van der Waals surface area contributed by atoms with Crippen molar-refractivity contribution in [1.82, 2.24) is 18.7 Å². The molecule has 0 fully saturated rings. The molecule has 13 aromatic rings. The number of para-hydroxylation sites is 5. The Morgan fingerprint density at radius 3 is 1.66 bits per heavy atom. The smallest absolute Gasteiger partial charge is 0.0715 e. The number of hydrogen-bond acceptors (Lipinski definition) is 1. The lowest BCUT2D eigenvalue weighted by Gasteiger charge is -2.22. The molecular weight excluding hydrogens is 1000 g/mol. The van der Waals surface area contributed by atoms with Crippen molar-refractivity contribution in [3.05, 3.63) is 307 Å². The summed E-state index contributed by atoms with van der Waals surface area (Å²) in [6, 6.07) is 84.1. The van der Waals surface area contributed by atoms with E-state index in [9.17, 15) is 0 Å². The molecule has 1 atom stereocenters. The summed E-state index contributed by atoms with van der Waals surface area (Å²) in [5, 5.41) is 6.28. The first-order valence-electron chi connectivity index (χ1n) is 29.1. The van der Waals surface area contributed by atoms with Gasteiger partial charge in [-0.05, 0) is 167 Å². The van der Waals surface area contributed by atoms with Gasteiger partial charge in [-0.25, -0.2) is 4.98 Å². The van der Waals surface area contributed by atoms with E-state index in [1.165, 1.54) is 88.0 Å². The average Bonchev–Trinajstić information content (AvgIpc) is 4.15. The summed E-state index contributed by atoms with van der Waals surface area (Å²) in [5.74, 6) is 0.237. The Kier molecular flexibility index (Phi) is 12.4. The fraction of sp³-hybridized carbons (Fsp3) is 0.0759. The van der Waals surface area contributed by atoms with Crippen molar-refractivity contribution in [1.29, 1.82) is 0 Å². The average molecular weight is 1070 g/mol. The van der Waals surface area contributed by atoms with Crippen LogP contribution in [-0.4, -0.2) is 18.7 Å². The van der Waals surface area contributed by atoms with Crippen LogP contribution in [0.5, 0.6) is 0 Å². The minimum atomic E-state index is 0.237. The fourth-order valence-corrected chi connectivity index (χ4v) is 13.2. The number of allylic oxidation sites excluding steroid dienone is 10. The van der Waals surface area contributed by atoms with E-state index in [1.807, 2.05) is 0 Å². The predicted octanol–water partition coefficient (Wildman–Crippen LogP) is 20.7. The van der Waals surface area contributed by atoms with Gasteiger partial charge in [-0.15, -0.1) is 0 Å². The highest BCUT2D eigenvalue weighted by atomic mass is 15.0. The maximum absolute atomic E-state index is 5.67. The van der Waals surface area contributed by atoms with Crippen LogP contribution in [0.15, 0.2) is 274 Å².